The predicted molar refractivity (Wildman–Crippen MR) is 64.1 cm³/mol. The number of carbonyl (C=O) groups is 1. The van der Waals surface area contributed by atoms with Crippen molar-refractivity contribution in [3.63, 3.8) is 0 Å². The molecule has 0 aromatic carbocycles. The number of nitrogens with zero attached hydrogens (tertiary/aromatic N) is 2. The Balaban J connectivity index is 2.98. The minimum atomic E-state index is -0.355. The lowest BCUT2D eigenvalue weighted by Gasteiger charge is -2.20. The van der Waals surface area contributed by atoms with Gasteiger partial charge in [0.1, 0.15) is 18.2 Å². The van der Waals surface area contributed by atoms with Gasteiger partial charge in [0.2, 0.25) is 0 Å². The lowest BCUT2D eigenvalue weighted by molar-refractivity contribution is -0.138. The van der Waals surface area contributed by atoms with Crippen LogP contribution in [-0.4, -0.2) is 36.1 Å². The summed E-state index contributed by atoms with van der Waals surface area (Å²) in [6.07, 6.45) is 0.638. The number of H-pyrrole nitrogens is 1. The average molecular weight is 239 g/mol. The van der Waals surface area contributed by atoms with Gasteiger partial charge in [-0.3, -0.25) is 9.59 Å². The SMILES string of the molecule is CCc1nc(N(CC)CC(=O)OC)cc(=O)[nH]1. The summed E-state index contributed by atoms with van der Waals surface area (Å²) in [6, 6.07) is 1.38. The summed E-state index contributed by atoms with van der Waals surface area (Å²) in [4.78, 5) is 31.2. The monoisotopic (exact) mass is 239 g/mol. The molecule has 94 valence electrons. The molecule has 1 aromatic rings. The molecule has 0 radical (unpaired) electrons. The summed E-state index contributed by atoms with van der Waals surface area (Å²) in [5.74, 6) is 0.751. The third-order valence-electron chi connectivity index (χ3n) is 2.37. The van der Waals surface area contributed by atoms with Gasteiger partial charge in [-0.15, -0.1) is 0 Å². The van der Waals surface area contributed by atoms with Crippen LogP contribution in [0.3, 0.4) is 0 Å². The number of esters is 1. The van der Waals surface area contributed by atoms with Crippen LogP contribution in [-0.2, 0) is 16.0 Å². The number of nitrogens with one attached hydrogen (secondary N) is 1. The van der Waals surface area contributed by atoms with Crippen molar-refractivity contribution in [3.8, 4) is 0 Å². The molecule has 0 unspecified atom stereocenters. The van der Waals surface area contributed by atoms with E-state index < -0.39 is 0 Å². The van der Waals surface area contributed by atoms with Gasteiger partial charge in [-0.2, -0.15) is 0 Å². The fourth-order valence-electron chi connectivity index (χ4n) is 1.40. The van der Waals surface area contributed by atoms with Crippen LogP contribution in [0.5, 0.6) is 0 Å². The normalized spacial score (nSPS) is 10.1. The molecule has 0 aliphatic heterocycles. The van der Waals surface area contributed by atoms with Crippen molar-refractivity contribution in [2.45, 2.75) is 20.3 Å². The first-order valence-corrected chi connectivity index (χ1v) is 5.52. The molecule has 0 atom stereocenters. The number of carbonyl (C=O) groups excluding carboxylic acids is 1. The smallest absolute Gasteiger partial charge is 0.325 e. The van der Waals surface area contributed by atoms with Gasteiger partial charge in [0, 0.05) is 19.0 Å². The summed E-state index contributed by atoms with van der Waals surface area (Å²) in [5, 5.41) is 0. The first kappa shape index (κ1) is 13.2. The number of aromatic nitrogens is 2. The van der Waals surface area contributed by atoms with E-state index in [1.54, 1.807) is 4.90 Å². The number of methoxy groups -OCH3 is 1. The molecule has 0 amide bonds. The molecule has 0 aliphatic carbocycles. The van der Waals surface area contributed by atoms with Crippen molar-refractivity contribution in [1.82, 2.24) is 9.97 Å². The average Bonchev–Trinajstić information content (AvgIpc) is 2.34. The molecule has 1 N–H and O–H groups in total. The van der Waals surface area contributed by atoms with Gasteiger partial charge in [0.05, 0.1) is 7.11 Å². The van der Waals surface area contributed by atoms with Crippen LogP contribution >= 0.6 is 0 Å². The topological polar surface area (TPSA) is 75.3 Å². The quantitative estimate of drug-likeness (QED) is 0.749. The summed E-state index contributed by atoms with van der Waals surface area (Å²) >= 11 is 0. The molecule has 0 saturated carbocycles. The number of hydrogen-bond acceptors (Lipinski definition) is 5. The van der Waals surface area contributed by atoms with E-state index in [2.05, 4.69) is 14.7 Å². The lowest BCUT2D eigenvalue weighted by atomic mass is 10.4. The fraction of sp³-hybridized carbons (Fsp3) is 0.545. The third-order valence-corrected chi connectivity index (χ3v) is 2.37. The van der Waals surface area contributed by atoms with Gasteiger partial charge in [0.15, 0.2) is 0 Å². The number of aromatic amines is 1. The van der Waals surface area contributed by atoms with Crippen molar-refractivity contribution in [1.29, 1.82) is 0 Å². The largest absolute Gasteiger partial charge is 0.468 e. The molecule has 0 aliphatic rings. The number of rotatable bonds is 5. The third kappa shape index (κ3) is 3.58. The number of hydrogen-bond donors (Lipinski definition) is 1. The fourth-order valence-corrected chi connectivity index (χ4v) is 1.40. The maximum Gasteiger partial charge on any atom is 0.325 e. The van der Waals surface area contributed by atoms with Gasteiger partial charge < -0.3 is 14.6 Å². The molecular weight excluding hydrogens is 222 g/mol. The van der Waals surface area contributed by atoms with Crippen molar-refractivity contribution < 1.29 is 9.53 Å². The molecule has 0 spiro atoms. The highest BCUT2D eigenvalue weighted by Crippen LogP contribution is 2.07. The number of likely N-dealkylation sites (N-methyl/N-ethyl adjacent to an activating group) is 1. The molecule has 1 rings (SSSR count). The molecule has 0 saturated heterocycles. The van der Waals surface area contributed by atoms with Crippen LogP contribution < -0.4 is 10.5 Å². The molecule has 0 fully saturated rings. The molecule has 6 nitrogen and oxygen atoms in total. The maximum atomic E-state index is 11.4. The summed E-state index contributed by atoms with van der Waals surface area (Å²) in [7, 11) is 1.33. The van der Waals surface area contributed by atoms with E-state index in [0.29, 0.717) is 24.6 Å². The van der Waals surface area contributed by atoms with Gasteiger partial charge in [-0.25, -0.2) is 4.98 Å². The van der Waals surface area contributed by atoms with Crippen molar-refractivity contribution in [2.75, 3.05) is 25.1 Å². The Morgan fingerprint density at radius 3 is 2.76 bits per heavy atom. The Morgan fingerprint density at radius 1 is 1.53 bits per heavy atom. The summed E-state index contributed by atoms with van der Waals surface area (Å²) in [5.41, 5.74) is -0.213. The number of anilines is 1. The number of aryl methyl sites for hydroxylation is 1. The van der Waals surface area contributed by atoms with Crippen molar-refractivity contribution in [3.05, 3.63) is 22.2 Å². The minimum Gasteiger partial charge on any atom is -0.468 e. The van der Waals surface area contributed by atoms with Crippen LogP contribution in [0, 0.1) is 0 Å². The molecule has 1 aromatic heterocycles. The van der Waals surface area contributed by atoms with E-state index in [1.165, 1.54) is 13.2 Å². The zero-order valence-electron chi connectivity index (χ0n) is 10.3. The Morgan fingerprint density at radius 2 is 2.24 bits per heavy atom. The van der Waals surface area contributed by atoms with Crippen LogP contribution in [0.25, 0.3) is 0 Å². The summed E-state index contributed by atoms with van der Waals surface area (Å²) in [6.45, 7) is 4.46. The van der Waals surface area contributed by atoms with Gasteiger partial charge in [-0.1, -0.05) is 6.92 Å². The Labute approximate surface area is 99.6 Å². The van der Waals surface area contributed by atoms with Crippen LogP contribution in [0.2, 0.25) is 0 Å². The second kappa shape index (κ2) is 6.03. The highest BCUT2D eigenvalue weighted by molar-refractivity contribution is 5.75. The van der Waals surface area contributed by atoms with Gasteiger partial charge >= 0.3 is 5.97 Å². The van der Waals surface area contributed by atoms with E-state index in [4.69, 9.17) is 0 Å². The maximum absolute atomic E-state index is 11.4. The predicted octanol–water partition coefficient (Wildman–Crippen LogP) is 0.332. The van der Waals surface area contributed by atoms with Crippen molar-refractivity contribution >= 4 is 11.8 Å². The number of ether oxygens (including phenoxy) is 1. The second-order valence-electron chi connectivity index (χ2n) is 3.49. The van der Waals surface area contributed by atoms with E-state index in [0.717, 1.165) is 0 Å². The van der Waals surface area contributed by atoms with E-state index in [9.17, 15) is 9.59 Å². The molecule has 17 heavy (non-hydrogen) atoms. The Kier molecular flexibility index (Phi) is 4.68. The molecule has 0 bridgehead atoms. The zero-order chi connectivity index (χ0) is 12.8. The Hall–Kier alpha value is -1.85. The molecular formula is C11H17N3O3. The zero-order valence-corrected chi connectivity index (χ0v) is 10.3. The highest BCUT2D eigenvalue weighted by atomic mass is 16.5. The Bertz CT molecular complexity index is 442. The van der Waals surface area contributed by atoms with Crippen LogP contribution in [0.4, 0.5) is 5.82 Å². The van der Waals surface area contributed by atoms with Crippen LogP contribution in [0.15, 0.2) is 10.9 Å². The van der Waals surface area contributed by atoms with E-state index in [1.807, 2.05) is 13.8 Å². The first-order valence-electron chi connectivity index (χ1n) is 5.52. The molecule has 1 heterocycles. The summed E-state index contributed by atoms with van der Waals surface area (Å²) < 4.78 is 4.60. The minimum absolute atomic E-state index is 0.0899. The first-order chi connectivity index (χ1) is 8.10. The van der Waals surface area contributed by atoms with Gasteiger partial charge in [-0.05, 0) is 6.92 Å². The van der Waals surface area contributed by atoms with E-state index in [-0.39, 0.29) is 18.1 Å². The highest BCUT2D eigenvalue weighted by Gasteiger charge is 2.12. The lowest BCUT2D eigenvalue weighted by Crippen LogP contribution is -2.32. The van der Waals surface area contributed by atoms with Crippen LogP contribution in [0.1, 0.15) is 19.7 Å². The van der Waals surface area contributed by atoms with Crippen molar-refractivity contribution in [2.24, 2.45) is 0 Å². The molecule has 6 heteroatoms. The standard InChI is InChI=1S/C11H17N3O3/c1-4-8-12-9(6-10(15)13-8)14(5-2)7-11(16)17-3/h6H,4-5,7H2,1-3H3,(H,12,13,15). The van der Waals surface area contributed by atoms with E-state index >= 15 is 0 Å². The van der Waals surface area contributed by atoms with Gasteiger partial charge in [0.25, 0.3) is 5.56 Å². The second-order valence-corrected chi connectivity index (χ2v) is 3.49.